The lowest BCUT2D eigenvalue weighted by Gasteiger charge is -2.00. The standard InChI is InChI=1S/C12H13NO2/c1-2-11-8-12(13-15-11)14-9-10-6-4-3-5-7-10/h3-8H,2,9H2,1H3. The minimum atomic E-state index is 0.524. The zero-order valence-electron chi connectivity index (χ0n) is 8.64. The van der Waals surface area contributed by atoms with Gasteiger partial charge in [0.1, 0.15) is 12.4 Å². The van der Waals surface area contributed by atoms with Crippen molar-refractivity contribution in [1.82, 2.24) is 5.16 Å². The monoisotopic (exact) mass is 203 g/mol. The van der Waals surface area contributed by atoms with Crippen molar-refractivity contribution >= 4 is 0 Å². The van der Waals surface area contributed by atoms with Crippen molar-refractivity contribution in [2.75, 3.05) is 0 Å². The number of hydrogen-bond acceptors (Lipinski definition) is 3. The number of hydrogen-bond donors (Lipinski definition) is 0. The molecule has 78 valence electrons. The highest BCUT2D eigenvalue weighted by Crippen LogP contribution is 2.13. The molecule has 3 heteroatoms. The number of rotatable bonds is 4. The first-order chi connectivity index (χ1) is 7.38. The first-order valence-electron chi connectivity index (χ1n) is 5.01. The fourth-order valence-corrected chi connectivity index (χ4v) is 1.26. The zero-order chi connectivity index (χ0) is 10.5. The third-order valence-electron chi connectivity index (χ3n) is 2.12. The van der Waals surface area contributed by atoms with E-state index < -0.39 is 0 Å². The molecule has 1 aromatic heterocycles. The summed E-state index contributed by atoms with van der Waals surface area (Å²) >= 11 is 0. The van der Waals surface area contributed by atoms with Crippen LogP contribution in [0.2, 0.25) is 0 Å². The molecule has 2 aromatic rings. The van der Waals surface area contributed by atoms with Crippen molar-refractivity contribution in [3.05, 3.63) is 47.7 Å². The molecule has 0 aliphatic carbocycles. The van der Waals surface area contributed by atoms with Crippen molar-refractivity contribution in [1.29, 1.82) is 0 Å². The van der Waals surface area contributed by atoms with Crippen LogP contribution in [0, 0.1) is 0 Å². The SMILES string of the molecule is CCc1cc(OCc2ccccc2)no1. The highest BCUT2D eigenvalue weighted by atomic mass is 16.5. The summed E-state index contributed by atoms with van der Waals surface area (Å²) in [5.41, 5.74) is 1.12. The lowest BCUT2D eigenvalue weighted by Crippen LogP contribution is -1.94. The van der Waals surface area contributed by atoms with Crippen LogP contribution in [-0.4, -0.2) is 5.16 Å². The number of nitrogens with zero attached hydrogens (tertiary/aromatic N) is 1. The van der Waals surface area contributed by atoms with Crippen molar-refractivity contribution in [2.24, 2.45) is 0 Å². The van der Waals surface area contributed by atoms with Gasteiger partial charge in [-0.2, -0.15) is 0 Å². The molecule has 0 unspecified atom stereocenters. The molecule has 0 atom stereocenters. The molecule has 0 saturated carbocycles. The fraction of sp³-hybridized carbons (Fsp3) is 0.250. The second-order valence-electron chi connectivity index (χ2n) is 3.26. The van der Waals surface area contributed by atoms with Crippen molar-refractivity contribution in [2.45, 2.75) is 20.0 Å². The molecule has 0 amide bonds. The molecular formula is C12H13NO2. The maximum Gasteiger partial charge on any atom is 0.254 e. The summed E-state index contributed by atoms with van der Waals surface area (Å²) in [4.78, 5) is 0. The fourth-order valence-electron chi connectivity index (χ4n) is 1.26. The molecule has 0 aliphatic rings. The minimum absolute atomic E-state index is 0.524. The van der Waals surface area contributed by atoms with E-state index in [-0.39, 0.29) is 0 Å². The molecule has 0 spiro atoms. The summed E-state index contributed by atoms with van der Waals surface area (Å²) in [6.45, 7) is 2.54. The molecule has 0 saturated heterocycles. The van der Waals surface area contributed by atoms with Crippen LogP contribution in [-0.2, 0) is 13.0 Å². The quantitative estimate of drug-likeness (QED) is 0.766. The molecule has 15 heavy (non-hydrogen) atoms. The molecule has 0 fully saturated rings. The molecule has 3 nitrogen and oxygen atoms in total. The van der Waals surface area contributed by atoms with Gasteiger partial charge in [-0.15, -0.1) is 0 Å². The summed E-state index contributed by atoms with van der Waals surface area (Å²) in [7, 11) is 0. The van der Waals surface area contributed by atoms with Gasteiger partial charge in [-0.25, -0.2) is 0 Å². The highest BCUT2D eigenvalue weighted by Gasteiger charge is 2.02. The molecular weight excluding hydrogens is 190 g/mol. The topological polar surface area (TPSA) is 35.3 Å². The van der Waals surface area contributed by atoms with Crippen molar-refractivity contribution in [3.63, 3.8) is 0 Å². The van der Waals surface area contributed by atoms with Gasteiger partial charge in [0.05, 0.1) is 0 Å². The van der Waals surface area contributed by atoms with Crippen LogP contribution < -0.4 is 4.74 Å². The van der Waals surface area contributed by atoms with Gasteiger partial charge in [-0.05, 0) is 10.7 Å². The first kappa shape index (κ1) is 9.77. The van der Waals surface area contributed by atoms with Gasteiger partial charge in [0, 0.05) is 12.5 Å². The van der Waals surface area contributed by atoms with E-state index in [2.05, 4.69) is 5.16 Å². The Labute approximate surface area is 88.7 Å². The average molecular weight is 203 g/mol. The van der Waals surface area contributed by atoms with Crippen LogP contribution in [0.15, 0.2) is 40.9 Å². The van der Waals surface area contributed by atoms with Crippen molar-refractivity contribution in [3.8, 4) is 5.88 Å². The van der Waals surface area contributed by atoms with Gasteiger partial charge in [0.2, 0.25) is 0 Å². The Morgan fingerprint density at radius 3 is 2.73 bits per heavy atom. The van der Waals surface area contributed by atoms with Gasteiger partial charge in [-0.3, -0.25) is 0 Å². The average Bonchev–Trinajstić information content (AvgIpc) is 2.76. The van der Waals surface area contributed by atoms with Gasteiger partial charge in [0.25, 0.3) is 5.88 Å². The van der Waals surface area contributed by atoms with Gasteiger partial charge < -0.3 is 9.26 Å². The number of ether oxygens (including phenoxy) is 1. The Hall–Kier alpha value is -1.77. The predicted molar refractivity (Wildman–Crippen MR) is 56.7 cm³/mol. The van der Waals surface area contributed by atoms with E-state index in [4.69, 9.17) is 9.26 Å². The lowest BCUT2D eigenvalue weighted by atomic mass is 10.2. The summed E-state index contributed by atoms with van der Waals surface area (Å²) in [6, 6.07) is 11.8. The van der Waals surface area contributed by atoms with E-state index >= 15 is 0 Å². The minimum Gasteiger partial charge on any atom is -0.471 e. The normalized spacial score (nSPS) is 10.2. The van der Waals surface area contributed by atoms with Crippen LogP contribution in [0.5, 0.6) is 5.88 Å². The molecule has 0 radical (unpaired) electrons. The largest absolute Gasteiger partial charge is 0.471 e. The van der Waals surface area contributed by atoms with Gasteiger partial charge >= 0.3 is 0 Å². The first-order valence-corrected chi connectivity index (χ1v) is 5.01. The van der Waals surface area contributed by atoms with E-state index in [1.54, 1.807) is 0 Å². The number of aromatic nitrogens is 1. The van der Waals surface area contributed by atoms with Crippen LogP contribution in [0.25, 0.3) is 0 Å². The Morgan fingerprint density at radius 2 is 2.07 bits per heavy atom. The molecule has 1 aromatic carbocycles. The molecule has 0 aliphatic heterocycles. The molecule has 0 N–H and O–H groups in total. The molecule has 1 heterocycles. The summed E-state index contributed by atoms with van der Waals surface area (Å²) in [5.74, 6) is 1.40. The van der Waals surface area contributed by atoms with Crippen LogP contribution in [0.4, 0.5) is 0 Å². The lowest BCUT2D eigenvalue weighted by molar-refractivity contribution is 0.266. The number of aryl methyl sites for hydroxylation is 1. The maximum atomic E-state index is 5.47. The Morgan fingerprint density at radius 1 is 1.27 bits per heavy atom. The summed E-state index contributed by atoms with van der Waals surface area (Å²) in [5, 5.41) is 3.80. The third-order valence-corrected chi connectivity index (χ3v) is 2.12. The van der Waals surface area contributed by atoms with E-state index in [1.807, 2.05) is 43.3 Å². The predicted octanol–water partition coefficient (Wildman–Crippen LogP) is 2.82. The van der Waals surface area contributed by atoms with E-state index in [0.717, 1.165) is 17.7 Å². The Kier molecular flexibility index (Phi) is 3.02. The van der Waals surface area contributed by atoms with E-state index in [1.165, 1.54) is 0 Å². The highest BCUT2D eigenvalue weighted by molar-refractivity contribution is 5.16. The number of benzene rings is 1. The molecule has 2 rings (SSSR count). The van der Waals surface area contributed by atoms with Crippen LogP contribution in [0.3, 0.4) is 0 Å². The van der Waals surface area contributed by atoms with E-state index in [9.17, 15) is 0 Å². The summed E-state index contributed by atoms with van der Waals surface area (Å²) in [6.07, 6.45) is 0.835. The van der Waals surface area contributed by atoms with Crippen LogP contribution in [0.1, 0.15) is 18.2 Å². The second-order valence-corrected chi connectivity index (χ2v) is 3.26. The van der Waals surface area contributed by atoms with Gasteiger partial charge in [-0.1, -0.05) is 37.3 Å². The van der Waals surface area contributed by atoms with Crippen molar-refractivity contribution < 1.29 is 9.26 Å². The maximum absolute atomic E-state index is 5.47. The smallest absolute Gasteiger partial charge is 0.254 e. The summed E-state index contributed by atoms with van der Waals surface area (Å²) < 4.78 is 10.5. The second kappa shape index (κ2) is 4.64. The Balaban J connectivity index is 1.93. The Bertz CT molecular complexity index is 409. The third kappa shape index (κ3) is 2.59. The molecule has 0 bridgehead atoms. The van der Waals surface area contributed by atoms with Crippen LogP contribution >= 0.6 is 0 Å². The van der Waals surface area contributed by atoms with E-state index in [0.29, 0.717) is 12.5 Å². The van der Waals surface area contributed by atoms with Gasteiger partial charge in [0.15, 0.2) is 0 Å². The zero-order valence-corrected chi connectivity index (χ0v) is 8.64.